The summed E-state index contributed by atoms with van der Waals surface area (Å²) in [6, 6.07) is 12.6. The van der Waals surface area contributed by atoms with E-state index in [0.29, 0.717) is 17.2 Å². The van der Waals surface area contributed by atoms with Crippen molar-refractivity contribution in [1.29, 1.82) is 0 Å². The van der Waals surface area contributed by atoms with Crippen LogP contribution in [0, 0.1) is 17.8 Å². The maximum atomic E-state index is 12.9. The van der Waals surface area contributed by atoms with Gasteiger partial charge in [0.05, 0.1) is 24.8 Å². The molecule has 30 heavy (non-hydrogen) atoms. The van der Waals surface area contributed by atoms with Gasteiger partial charge >= 0.3 is 0 Å². The minimum Gasteiger partial charge on any atom is -0.493 e. The minimum absolute atomic E-state index is 0.272. The number of methoxy groups -OCH3 is 2. The average molecular weight is 428 g/mol. The summed E-state index contributed by atoms with van der Waals surface area (Å²) in [5.41, 5.74) is 2.04. The Bertz CT molecular complexity index is 1010. The summed E-state index contributed by atoms with van der Waals surface area (Å²) in [5.74, 6) is 3.64. The van der Waals surface area contributed by atoms with Crippen LogP contribution in [0.2, 0.25) is 0 Å². The fraction of sp³-hybridized carbons (Fsp3) is 0.500. The topological polar surface area (TPSA) is 64.6 Å². The predicted octanol–water partition coefficient (Wildman–Crippen LogP) is 4.97. The highest BCUT2D eigenvalue weighted by Gasteiger charge is 2.51. The Balaban J connectivity index is 1.37. The fourth-order valence-corrected chi connectivity index (χ4v) is 7.62. The van der Waals surface area contributed by atoms with Gasteiger partial charge in [0, 0.05) is 6.07 Å². The van der Waals surface area contributed by atoms with Crippen molar-refractivity contribution in [2.45, 2.75) is 48.8 Å². The molecule has 5 nitrogen and oxygen atoms in total. The highest BCUT2D eigenvalue weighted by atomic mass is 32.2. The largest absolute Gasteiger partial charge is 0.493 e. The number of rotatable bonds is 6. The molecule has 4 saturated carbocycles. The molecule has 0 unspecified atom stereocenters. The number of sulfonamides is 1. The molecule has 4 bridgehead atoms. The Hall–Kier alpha value is -2.21. The van der Waals surface area contributed by atoms with Gasteiger partial charge in [0.1, 0.15) is 0 Å². The lowest BCUT2D eigenvalue weighted by atomic mass is 9.48. The first-order valence-corrected chi connectivity index (χ1v) is 12.2. The average Bonchev–Trinajstić information content (AvgIpc) is 2.72. The van der Waals surface area contributed by atoms with E-state index in [1.165, 1.54) is 51.2 Å². The summed E-state index contributed by atoms with van der Waals surface area (Å²) in [6.45, 7) is 0. The molecule has 0 atom stereocenters. The van der Waals surface area contributed by atoms with Crippen LogP contribution in [0.4, 0.5) is 5.69 Å². The van der Waals surface area contributed by atoms with Crippen molar-refractivity contribution in [3.8, 4) is 11.5 Å². The van der Waals surface area contributed by atoms with Crippen LogP contribution in [0.3, 0.4) is 0 Å². The standard InChI is InChI=1S/C24H29NO4S/c1-28-22-8-5-20(12-23(22)29-2)25-30(26,27)21-6-3-19(4-7-21)24-13-16-9-17(14-24)11-18(10-16)15-24/h3-8,12,16-18,25H,9-11,13-15H2,1-2H3. The highest BCUT2D eigenvalue weighted by Crippen LogP contribution is 2.60. The zero-order chi connectivity index (χ0) is 20.9. The zero-order valence-corrected chi connectivity index (χ0v) is 18.4. The Kier molecular flexibility index (Phi) is 4.73. The first-order chi connectivity index (χ1) is 14.4. The summed E-state index contributed by atoms with van der Waals surface area (Å²) in [5, 5.41) is 0. The van der Waals surface area contributed by atoms with E-state index in [0.717, 1.165) is 17.8 Å². The summed E-state index contributed by atoms with van der Waals surface area (Å²) < 4.78 is 39.0. The monoisotopic (exact) mass is 427 g/mol. The van der Waals surface area contributed by atoms with E-state index in [1.807, 2.05) is 0 Å². The van der Waals surface area contributed by atoms with Gasteiger partial charge in [0.15, 0.2) is 11.5 Å². The molecule has 0 saturated heterocycles. The summed E-state index contributed by atoms with van der Waals surface area (Å²) in [4.78, 5) is 0.283. The molecule has 4 fully saturated rings. The first-order valence-electron chi connectivity index (χ1n) is 10.8. The molecule has 0 radical (unpaired) electrons. The van der Waals surface area contributed by atoms with Crippen molar-refractivity contribution in [3.05, 3.63) is 48.0 Å². The van der Waals surface area contributed by atoms with Crippen molar-refractivity contribution >= 4 is 15.7 Å². The lowest BCUT2D eigenvalue weighted by molar-refractivity contribution is -0.00521. The van der Waals surface area contributed by atoms with Crippen LogP contribution in [0.5, 0.6) is 11.5 Å². The lowest BCUT2D eigenvalue weighted by Gasteiger charge is -2.57. The molecule has 4 aliphatic rings. The Morgan fingerprint density at radius 1 is 0.833 bits per heavy atom. The molecule has 4 aliphatic carbocycles. The van der Waals surface area contributed by atoms with Crippen LogP contribution in [0.15, 0.2) is 47.4 Å². The molecule has 0 amide bonds. The van der Waals surface area contributed by atoms with Gasteiger partial charge < -0.3 is 9.47 Å². The minimum atomic E-state index is -3.68. The number of hydrogen-bond acceptors (Lipinski definition) is 4. The number of nitrogens with one attached hydrogen (secondary N) is 1. The molecular weight excluding hydrogens is 398 g/mol. The van der Waals surface area contributed by atoms with E-state index < -0.39 is 10.0 Å². The van der Waals surface area contributed by atoms with E-state index in [2.05, 4.69) is 16.9 Å². The number of anilines is 1. The summed E-state index contributed by atoms with van der Waals surface area (Å²) >= 11 is 0. The van der Waals surface area contributed by atoms with E-state index in [4.69, 9.17) is 9.47 Å². The molecule has 160 valence electrons. The van der Waals surface area contributed by atoms with Crippen molar-refractivity contribution < 1.29 is 17.9 Å². The van der Waals surface area contributed by atoms with E-state index >= 15 is 0 Å². The predicted molar refractivity (Wildman–Crippen MR) is 117 cm³/mol. The second-order valence-electron chi connectivity index (χ2n) is 9.40. The van der Waals surface area contributed by atoms with E-state index in [9.17, 15) is 8.42 Å². The maximum absolute atomic E-state index is 12.9. The maximum Gasteiger partial charge on any atom is 0.261 e. The molecular formula is C24H29NO4S. The molecule has 2 aromatic carbocycles. The van der Waals surface area contributed by atoms with Crippen LogP contribution < -0.4 is 14.2 Å². The number of benzene rings is 2. The van der Waals surface area contributed by atoms with Crippen LogP contribution in [0.25, 0.3) is 0 Å². The quantitative estimate of drug-likeness (QED) is 0.707. The van der Waals surface area contributed by atoms with E-state index in [-0.39, 0.29) is 10.3 Å². The molecule has 0 heterocycles. The Labute approximate surface area is 178 Å². The van der Waals surface area contributed by atoms with Gasteiger partial charge in [0.25, 0.3) is 10.0 Å². The smallest absolute Gasteiger partial charge is 0.261 e. The van der Waals surface area contributed by atoms with Gasteiger partial charge in [-0.1, -0.05) is 12.1 Å². The van der Waals surface area contributed by atoms with Gasteiger partial charge in [0.2, 0.25) is 0 Å². The van der Waals surface area contributed by atoms with Gasteiger partial charge in [-0.05, 0) is 91.5 Å². The zero-order valence-electron chi connectivity index (χ0n) is 17.6. The van der Waals surface area contributed by atoms with Gasteiger partial charge in [-0.25, -0.2) is 8.42 Å². The molecule has 0 aliphatic heterocycles. The van der Waals surface area contributed by atoms with Crippen LogP contribution in [-0.2, 0) is 15.4 Å². The van der Waals surface area contributed by atoms with Crippen molar-refractivity contribution in [2.24, 2.45) is 17.8 Å². The normalized spacial score (nSPS) is 29.6. The molecule has 6 heteroatoms. The fourth-order valence-electron chi connectivity index (χ4n) is 6.57. The third-order valence-corrected chi connectivity index (χ3v) is 8.85. The van der Waals surface area contributed by atoms with Gasteiger partial charge in [-0.15, -0.1) is 0 Å². The Morgan fingerprint density at radius 3 is 1.93 bits per heavy atom. The summed E-state index contributed by atoms with van der Waals surface area (Å²) in [6.07, 6.45) is 8.03. The van der Waals surface area contributed by atoms with Crippen LogP contribution in [0.1, 0.15) is 44.1 Å². The lowest BCUT2D eigenvalue weighted by Crippen LogP contribution is -2.48. The van der Waals surface area contributed by atoms with Crippen LogP contribution in [-0.4, -0.2) is 22.6 Å². The van der Waals surface area contributed by atoms with Gasteiger partial charge in [-0.3, -0.25) is 4.72 Å². The number of ether oxygens (including phenoxy) is 2. The van der Waals surface area contributed by atoms with Gasteiger partial charge in [-0.2, -0.15) is 0 Å². The third kappa shape index (κ3) is 3.35. The summed E-state index contributed by atoms with van der Waals surface area (Å²) in [7, 11) is -0.601. The molecule has 2 aromatic rings. The van der Waals surface area contributed by atoms with Crippen molar-refractivity contribution in [3.63, 3.8) is 0 Å². The molecule has 0 aromatic heterocycles. The first kappa shape index (κ1) is 19.7. The second-order valence-corrected chi connectivity index (χ2v) is 11.1. The number of hydrogen-bond donors (Lipinski definition) is 1. The molecule has 6 rings (SSSR count). The second kappa shape index (κ2) is 7.19. The van der Waals surface area contributed by atoms with Crippen molar-refractivity contribution in [2.75, 3.05) is 18.9 Å². The highest BCUT2D eigenvalue weighted by molar-refractivity contribution is 7.92. The molecule has 0 spiro atoms. The molecule has 1 N–H and O–H groups in total. The van der Waals surface area contributed by atoms with Crippen molar-refractivity contribution in [1.82, 2.24) is 0 Å². The van der Waals surface area contributed by atoms with Crippen LogP contribution >= 0.6 is 0 Å². The SMILES string of the molecule is COc1ccc(NS(=O)(=O)c2ccc(C34CC5CC(CC(C5)C3)C4)cc2)cc1OC. The third-order valence-electron chi connectivity index (χ3n) is 7.45. The Morgan fingerprint density at radius 2 is 1.40 bits per heavy atom. The van der Waals surface area contributed by atoms with E-state index in [1.54, 1.807) is 37.4 Å².